The number of hydrogen-bond acceptors (Lipinski definition) is 3. The summed E-state index contributed by atoms with van der Waals surface area (Å²) in [5.41, 5.74) is 3.50. The maximum absolute atomic E-state index is 11.3. The molecule has 1 aliphatic rings. The molecule has 1 aliphatic heterocycles. The highest BCUT2D eigenvalue weighted by atomic mass is 31.2. The van der Waals surface area contributed by atoms with Gasteiger partial charge in [0.15, 0.2) is 6.35 Å². The van der Waals surface area contributed by atoms with E-state index >= 15 is 0 Å². The van der Waals surface area contributed by atoms with Crippen LogP contribution in [0.1, 0.15) is 82.1 Å². The second-order valence-electron chi connectivity index (χ2n) is 9.93. The summed E-state index contributed by atoms with van der Waals surface area (Å²) in [6.45, 7) is 14.9. The Balaban J connectivity index is 2.11. The molecule has 0 bridgehead atoms. The molecule has 0 saturated heterocycles. The molecule has 0 aliphatic carbocycles. The Bertz CT molecular complexity index is 839. The molecule has 0 fully saturated rings. The van der Waals surface area contributed by atoms with Gasteiger partial charge in [0.2, 0.25) is 0 Å². The molecule has 2 N–H and O–H groups in total. The van der Waals surface area contributed by atoms with Crippen molar-refractivity contribution in [2.75, 3.05) is 6.35 Å². The summed E-state index contributed by atoms with van der Waals surface area (Å²) in [6.07, 6.45) is 10.5. The van der Waals surface area contributed by atoms with E-state index < -0.39 is 13.9 Å². The lowest BCUT2D eigenvalue weighted by atomic mass is 9.86. The van der Waals surface area contributed by atoms with Gasteiger partial charge in [0.25, 0.3) is 0 Å². The molecule has 2 atom stereocenters. The summed E-state index contributed by atoms with van der Waals surface area (Å²) in [5, 5.41) is 0. The first kappa shape index (κ1) is 26.0. The Labute approximate surface area is 188 Å². The van der Waals surface area contributed by atoms with E-state index in [2.05, 4.69) is 39.8 Å². The Morgan fingerprint density at radius 1 is 1.13 bits per heavy atom. The lowest BCUT2D eigenvalue weighted by Crippen LogP contribution is -2.35. The highest BCUT2D eigenvalue weighted by molar-refractivity contribution is 7.51. The van der Waals surface area contributed by atoms with Gasteiger partial charge in [-0.05, 0) is 81.6 Å². The zero-order valence-electron chi connectivity index (χ0n) is 20.3. The van der Waals surface area contributed by atoms with Crippen LogP contribution in [0, 0.1) is 32.6 Å². The standard InChI is InChI=1S/C25H41O5P/c1-17(2)10-8-11-18(3)12-9-14-25(7)15-13-22-21(6)23(29-16-31(26,27)28)19(4)20(5)24(22)30-25/h9,14,17-18H,8,10-13,15-16H2,1-7H3,(H2,26,27,28). The minimum absolute atomic E-state index is 0.345. The molecule has 176 valence electrons. The third-order valence-corrected chi connectivity index (χ3v) is 6.85. The zero-order valence-corrected chi connectivity index (χ0v) is 21.2. The van der Waals surface area contributed by atoms with Crippen molar-refractivity contribution in [3.63, 3.8) is 0 Å². The van der Waals surface area contributed by atoms with Crippen molar-refractivity contribution in [1.29, 1.82) is 0 Å². The average Bonchev–Trinajstić information content (AvgIpc) is 2.65. The maximum atomic E-state index is 11.3. The predicted molar refractivity (Wildman–Crippen MR) is 127 cm³/mol. The van der Waals surface area contributed by atoms with Gasteiger partial charge >= 0.3 is 7.60 Å². The third kappa shape index (κ3) is 7.37. The number of hydrogen-bond donors (Lipinski definition) is 2. The fourth-order valence-electron chi connectivity index (χ4n) is 4.28. The number of benzene rings is 1. The van der Waals surface area contributed by atoms with Gasteiger partial charge < -0.3 is 19.3 Å². The van der Waals surface area contributed by atoms with Gasteiger partial charge in [-0.1, -0.05) is 46.1 Å². The summed E-state index contributed by atoms with van der Waals surface area (Å²) in [4.78, 5) is 18.4. The smallest absolute Gasteiger partial charge is 0.362 e. The van der Waals surface area contributed by atoms with E-state index in [0.29, 0.717) is 11.7 Å². The van der Waals surface area contributed by atoms with Crippen LogP contribution < -0.4 is 9.47 Å². The van der Waals surface area contributed by atoms with Crippen LogP contribution in [0.25, 0.3) is 0 Å². The fraction of sp³-hybridized carbons (Fsp3) is 0.680. The van der Waals surface area contributed by atoms with Gasteiger partial charge in [-0.15, -0.1) is 0 Å². The molecule has 1 aromatic rings. The molecule has 1 heterocycles. The van der Waals surface area contributed by atoms with Crippen LogP contribution in [-0.4, -0.2) is 21.7 Å². The minimum Gasteiger partial charge on any atom is -0.483 e. The Kier molecular flexibility index (Phi) is 8.84. The van der Waals surface area contributed by atoms with Crippen molar-refractivity contribution in [3.8, 4) is 11.5 Å². The summed E-state index contributed by atoms with van der Waals surface area (Å²) in [5.74, 6) is 2.91. The first-order valence-electron chi connectivity index (χ1n) is 11.5. The average molecular weight is 453 g/mol. The monoisotopic (exact) mass is 452 g/mol. The van der Waals surface area contributed by atoms with Crippen molar-refractivity contribution in [3.05, 3.63) is 34.4 Å². The maximum Gasteiger partial charge on any atom is 0.362 e. The molecule has 1 aromatic carbocycles. The number of rotatable bonds is 10. The second-order valence-corrected chi connectivity index (χ2v) is 11.5. The van der Waals surface area contributed by atoms with E-state index in [9.17, 15) is 14.4 Å². The summed E-state index contributed by atoms with van der Waals surface area (Å²) in [7, 11) is -4.23. The first-order valence-corrected chi connectivity index (χ1v) is 13.3. The van der Waals surface area contributed by atoms with Crippen molar-refractivity contribution >= 4 is 7.60 Å². The summed E-state index contributed by atoms with van der Waals surface area (Å²) < 4.78 is 23.3. The van der Waals surface area contributed by atoms with E-state index in [-0.39, 0.29) is 5.60 Å². The summed E-state index contributed by atoms with van der Waals surface area (Å²) in [6, 6.07) is 0. The van der Waals surface area contributed by atoms with Crippen molar-refractivity contribution in [2.45, 2.75) is 92.6 Å². The van der Waals surface area contributed by atoms with Crippen LogP contribution in [0.2, 0.25) is 0 Å². The van der Waals surface area contributed by atoms with Gasteiger partial charge in [0.05, 0.1) is 0 Å². The highest BCUT2D eigenvalue weighted by Gasteiger charge is 2.33. The third-order valence-electron chi connectivity index (χ3n) is 6.38. The fourth-order valence-corrected chi connectivity index (χ4v) is 4.57. The lowest BCUT2D eigenvalue weighted by molar-refractivity contribution is 0.112. The molecule has 5 nitrogen and oxygen atoms in total. The molecular weight excluding hydrogens is 411 g/mol. The van der Waals surface area contributed by atoms with Gasteiger partial charge in [-0.25, -0.2) is 0 Å². The molecule has 31 heavy (non-hydrogen) atoms. The molecule has 0 aromatic heterocycles. The second kappa shape index (κ2) is 10.6. The van der Waals surface area contributed by atoms with Crippen LogP contribution >= 0.6 is 7.60 Å². The van der Waals surface area contributed by atoms with E-state index in [1.807, 2.05) is 20.8 Å². The molecule has 2 unspecified atom stereocenters. The SMILES string of the molecule is Cc1c(C)c2c(c(C)c1OCP(=O)(O)O)CCC(C)(C=CCC(C)CCCC(C)C)O2. The lowest BCUT2D eigenvalue weighted by Gasteiger charge is -2.36. The molecule has 2 rings (SSSR count). The van der Waals surface area contributed by atoms with E-state index in [1.54, 1.807) is 0 Å². The van der Waals surface area contributed by atoms with E-state index in [0.717, 1.165) is 53.2 Å². The number of allylic oxidation sites excluding steroid dienone is 1. The topological polar surface area (TPSA) is 76.0 Å². The first-order chi connectivity index (χ1) is 14.3. The normalized spacial score (nSPS) is 20.1. The van der Waals surface area contributed by atoms with Crippen LogP contribution in [0.5, 0.6) is 11.5 Å². The minimum atomic E-state index is -4.23. The predicted octanol–water partition coefficient (Wildman–Crippen LogP) is 6.62. The van der Waals surface area contributed by atoms with Crippen molar-refractivity contribution in [2.24, 2.45) is 11.8 Å². The quantitative estimate of drug-likeness (QED) is 0.308. The van der Waals surface area contributed by atoms with Crippen LogP contribution in [0.3, 0.4) is 0 Å². The highest BCUT2D eigenvalue weighted by Crippen LogP contribution is 2.45. The van der Waals surface area contributed by atoms with Gasteiger partial charge in [-0.3, -0.25) is 4.57 Å². The van der Waals surface area contributed by atoms with Crippen molar-refractivity contribution in [1.82, 2.24) is 0 Å². The Morgan fingerprint density at radius 3 is 2.42 bits per heavy atom. The molecule has 0 radical (unpaired) electrons. The molecule has 6 heteroatoms. The van der Waals surface area contributed by atoms with Crippen LogP contribution in [-0.2, 0) is 11.0 Å². The van der Waals surface area contributed by atoms with Crippen LogP contribution in [0.15, 0.2) is 12.2 Å². The Morgan fingerprint density at radius 2 is 1.81 bits per heavy atom. The van der Waals surface area contributed by atoms with Crippen molar-refractivity contribution < 1.29 is 23.8 Å². The van der Waals surface area contributed by atoms with Gasteiger partial charge in [0, 0.05) is 5.56 Å². The molecule has 0 spiro atoms. The molecule has 0 saturated carbocycles. The molecule has 0 amide bonds. The summed E-state index contributed by atoms with van der Waals surface area (Å²) >= 11 is 0. The zero-order chi connectivity index (χ0) is 23.4. The van der Waals surface area contributed by atoms with E-state index in [1.165, 1.54) is 19.3 Å². The largest absolute Gasteiger partial charge is 0.483 e. The number of fused-ring (bicyclic) bond motifs is 1. The molecular formula is C25H41O5P. The van der Waals surface area contributed by atoms with Gasteiger partial charge in [-0.2, -0.15) is 0 Å². The van der Waals surface area contributed by atoms with E-state index in [4.69, 9.17) is 9.47 Å². The van der Waals surface area contributed by atoms with Crippen LogP contribution in [0.4, 0.5) is 0 Å². The Hall–Kier alpha value is -1.29. The number of ether oxygens (including phenoxy) is 2. The van der Waals surface area contributed by atoms with Gasteiger partial charge in [0.1, 0.15) is 17.1 Å².